The molecular formula is C23H28O3. The van der Waals surface area contributed by atoms with Crippen molar-refractivity contribution in [3.8, 4) is 5.75 Å². The van der Waals surface area contributed by atoms with Gasteiger partial charge in [0.15, 0.2) is 0 Å². The number of aliphatic hydroxyl groups is 2. The van der Waals surface area contributed by atoms with E-state index in [9.17, 15) is 10.2 Å². The summed E-state index contributed by atoms with van der Waals surface area (Å²) >= 11 is 0. The maximum absolute atomic E-state index is 11.5. The molecule has 0 radical (unpaired) electrons. The van der Waals surface area contributed by atoms with Crippen LogP contribution in [0.1, 0.15) is 49.7 Å². The van der Waals surface area contributed by atoms with Gasteiger partial charge in [-0.3, -0.25) is 0 Å². The van der Waals surface area contributed by atoms with Gasteiger partial charge in [0.1, 0.15) is 17.0 Å². The van der Waals surface area contributed by atoms with E-state index in [0.29, 0.717) is 18.3 Å². The topological polar surface area (TPSA) is 49.7 Å². The van der Waals surface area contributed by atoms with E-state index in [1.54, 1.807) is 13.2 Å². The summed E-state index contributed by atoms with van der Waals surface area (Å²) in [5.74, 6) is 1.86. The number of methoxy groups -OCH3 is 1. The van der Waals surface area contributed by atoms with E-state index in [1.165, 1.54) is 11.1 Å². The SMILES string of the molecule is C=C[C@]1(O)C[C@]23C=C[C@@]1(O)[C@@]2(C)CC[C@@H]1c2ccc(OC)cc2CC[C@H]13. The predicted molar refractivity (Wildman–Crippen MR) is 101 cm³/mol. The summed E-state index contributed by atoms with van der Waals surface area (Å²) in [4.78, 5) is 0. The second kappa shape index (κ2) is 4.82. The molecule has 5 rings (SSSR count). The molecule has 3 nitrogen and oxygen atoms in total. The molecule has 6 atom stereocenters. The van der Waals surface area contributed by atoms with Gasteiger partial charge in [-0.25, -0.2) is 0 Å². The van der Waals surface area contributed by atoms with Crippen molar-refractivity contribution in [2.75, 3.05) is 7.11 Å². The molecule has 0 aromatic heterocycles. The normalized spacial score (nSPS) is 47.8. The second-order valence-electron chi connectivity index (χ2n) is 9.13. The maximum atomic E-state index is 11.5. The summed E-state index contributed by atoms with van der Waals surface area (Å²) < 4.78 is 5.42. The highest BCUT2D eigenvalue weighted by Gasteiger charge is 2.78. The van der Waals surface area contributed by atoms with Crippen LogP contribution in [0.15, 0.2) is 43.0 Å². The van der Waals surface area contributed by atoms with Crippen LogP contribution in [0.2, 0.25) is 0 Å². The summed E-state index contributed by atoms with van der Waals surface area (Å²) in [5, 5.41) is 22.8. The molecule has 4 aliphatic carbocycles. The van der Waals surface area contributed by atoms with Crippen LogP contribution in [-0.2, 0) is 6.42 Å². The van der Waals surface area contributed by atoms with Crippen LogP contribution < -0.4 is 4.74 Å². The molecule has 2 saturated carbocycles. The molecule has 0 heterocycles. The number of fused-ring (bicyclic) bond motifs is 3. The van der Waals surface area contributed by atoms with Crippen LogP contribution in [0, 0.1) is 16.7 Å². The van der Waals surface area contributed by atoms with E-state index >= 15 is 0 Å². The van der Waals surface area contributed by atoms with Gasteiger partial charge in [0.2, 0.25) is 0 Å². The van der Waals surface area contributed by atoms with Crippen LogP contribution in [-0.4, -0.2) is 28.5 Å². The number of benzene rings is 1. The smallest absolute Gasteiger partial charge is 0.121 e. The van der Waals surface area contributed by atoms with Crippen LogP contribution in [0.4, 0.5) is 0 Å². The minimum Gasteiger partial charge on any atom is -0.497 e. The van der Waals surface area contributed by atoms with E-state index in [1.807, 2.05) is 6.08 Å². The first-order chi connectivity index (χ1) is 12.3. The standard InChI is InChI=1S/C23H28O3/c1-4-22(24)14-21-11-12-23(22,25)20(21,2)10-9-18-17-7-6-16(26-3)13-15(17)5-8-19(18)21/h4,6-7,11-13,18-19,24-25H,1,5,8-10,14H2,2-3H3/t18-,19-,20+,21+,22+,23-/m1/s1. The van der Waals surface area contributed by atoms with Gasteiger partial charge in [-0.15, -0.1) is 6.58 Å². The van der Waals surface area contributed by atoms with Crippen molar-refractivity contribution in [1.29, 1.82) is 0 Å². The number of hydrogen-bond donors (Lipinski definition) is 2. The molecule has 3 heteroatoms. The minimum absolute atomic E-state index is 0.161. The zero-order valence-corrected chi connectivity index (χ0v) is 15.7. The lowest BCUT2D eigenvalue weighted by atomic mass is 9.48. The molecule has 26 heavy (non-hydrogen) atoms. The summed E-state index contributed by atoms with van der Waals surface area (Å²) in [6, 6.07) is 6.50. The molecular weight excluding hydrogens is 324 g/mol. The summed E-state index contributed by atoms with van der Waals surface area (Å²) in [7, 11) is 1.72. The Labute approximate surface area is 155 Å². The van der Waals surface area contributed by atoms with Gasteiger partial charge >= 0.3 is 0 Å². The fourth-order valence-corrected chi connectivity index (χ4v) is 7.20. The van der Waals surface area contributed by atoms with Gasteiger partial charge in [-0.2, -0.15) is 0 Å². The van der Waals surface area contributed by atoms with E-state index in [4.69, 9.17) is 4.74 Å². The predicted octanol–water partition coefficient (Wildman–Crippen LogP) is 3.75. The molecule has 0 unspecified atom stereocenters. The molecule has 2 bridgehead atoms. The Morgan fingerprint density at radius 3 is 2.77 bits per heavy atom. The van der Waals surface area contributed by atoms with E-state index in [0.717, 1.165) is 31.4 Å². The third-order valence-corrected chi connectivity index (χ3v) is 8.63. The van der Waals surface area contributed by atoms with Crippen molar-refractivity contribution in [2.45, 2.75) is 56.1 Å². The van der Waals surface area contributed by atoms with E-state index in [2.05, 4.69) is 37.8 Å². The lowest BCUT2D eigenvalue weighted by molar-refractivity contribution is -0.135. The van der Waals surface area contributed by atoms with Crippen molar-refractivity contribution in [3.63, 3.8) is 0 Å². The molecule has 0 amide bonds. The molecule has 1 aromatic rings. The van der Waals surface area contributed by atoms with Gasteiger partial charge in [0.25, 0.3) is 0 Å². The first-order valence-electron chi connectivity index (χ1n) is 9.80. The van der Waals surface area contributed by atoms with Crippen molar-refractivity contribution in [3.05, 3.63) is 54.1 Å². The van der Waals surface area contributed by atoms with Crippen LogP contribution in [0.25, 0.3) is 0 Å². The number of hydrogen-bond acceptors (Lipinski definition) is 3. The largest absolute Gasteiger partial charge is 0.497 e. The Balaban J connectivity index is 1.63. The highest BCUT2D eigenvalue weighted by atomic mass is 16.5. The van der Waals surface area contributed by atoms with Crippen molar-refractivity contribution >= 4 is 0 Å². The molecule has 4 aliphatic rings. The monoisotopic (exact) mass is 352 g/mol. The summed E-state index contributed by atoms with van der Waals surface area (Å²) in [5.41, 5.74) is -0.0752. The minimum atomic E-state index is -1.23. The van der Waals surface area contributed by atoms with Gasteiger partial charge < -0.3 is 14.9 Å². The van der Waals surface area contributed by atoms with Crippen molar-refractivity contribution in [1.82, 2.24) is 0 Å². The highest BCUT2D eigenvalue weighted by Crippen LogP contribution is 2.77. The molecule has 138 valence electrons. The van der Waals surface area contributed by atoms with Crippen molar-refractivity contribution in [2.24, 2.45) is 16.7 Å². The average Bonchev–Trinajstić information content (AvgIpc) is 2.98. The Morgan fingerprint density at radius 2 is 2.04 bits per heavy atom. The van der Waals surface area contributed by atoms with Crippen LogP contribution in [0.3, 0.4) is 0 Å². The molecule has 0 spiro atoms. The van der Waals surface area contributed by atoms with Gasteiger partial charge in [-0.05, 0) is 67.2 Å². The highest BCUT2D eigenvalue weighted by molar-refractivity contribution is 5.48. The summed E-state index contributed by atoms with van der Waals surface area (Å²) in [6.07, 6.45) is 10.4. The first kappa shape index (κ1) is 16.6. The molecule has 0 aliphatic heterocycles. The van der Waals surface area contributed by atoms with Crippen molar-refractivity contribution < 1.29 is 14.9 Å². The quantitative estimate of drug-likeness (QED) is 0.797. The molecule has 1 aromatic carbocycles. The third-order valence-electron chi connectivity index (χ3n) is 8.63. The average molecular weight is 352 g/mol. The number of ether oxygens (including phenoxy) is 1. The molecule has 0 saturated heterocycles. The zero-order chi connectivity index (χ0) is 18.4. The Kier molecular flexibility index (Phi) is 3.07. The van der Waals surface area contributed by atoms with E-state index < -0.39 is 11.2 Å². The lowest BCUT2D eigenvalue weighted by Crippen LogP contribution is -2.56. The fourth-order valence-electron chi connectivity index (χ4n) is 7.20. The first-order valence-corrected chi connectivity index (χ1v) is 9.80. The number of aryl methyl sites for hydroxylation is 1. The second-order valence-corrected chi connectivity index (χ2v) is 9.13. The van der Waals surface area contributed by atoms with Gasteiger partial charge in [-0.1, -0.05) is 31.2 Å². The fraction of sp³-hybridized carbons (Fsp3) is 0.565. The number of rotatable bonds is 2. The van der Waals surface area contributed by atoms with Gasteiger partial charge in [0, 0.05) is 10.8 Å². The third kappa shape index (κ3) is 1.55. The van der Waals surface area contributed by atoms with Gasteiger partial charge in [0.05, 0.1) is 7.11 Å². The molecule has 2 fully saturated rings. The summed E-state index contributed by atoms with van der Waals surface area (Å²) in [6.45, 7) is 6.05. The van der Waals surface area contributed by atoms with E-state index in [-0.39, 0.29) is 10.8 Å². The number of allylic oxidation sites excluding steroid dienone is 1. The van der Waals surface area contributed by atoms with Crippen LogP contribution >= 0.6 is 0 Å². The Bertz CT molecular complexity index is 829. The van der Waals surface area contributed by atoms with Crippen LogP contribution in [0.5, 0.6) is 5.75 Å². The Hall–Kier alpha value is -1.58. The lowest BCUT2D eigenvalue weighted by Gasteiger charge is -2.56. The molecule has 2 N–H and O–H groups in total. The zero-order valence-electron chi connectivity index (χ0n) is 15.7. The Morgan fingerprint density at radius 1 is 1.23 bits per heavy atom. The maximum Gasteiger partial charge on any atom is 0.121 e.